The second kappa shape index (κ2) is 5.46. The maximum absolute atomic E-state index is 13.9. The second-order valence-electron chi connectivity index (χ2n) is 5.98. The molecule has 120 valence electrons. The number of hydrogen-bond donors (Lipinski definition) is 1. The lowest BCUT2D eigenvalue weighted by Crippen LogP contribution is -2.50. The van der Waals surface area contributed by atoms with Gasteiger partial charge in [-0.3, -0.25) is 9.69 Å². The van der Waals surface area contributed by atoms with Crippen molar-refractivity contribution in [2.45, 2.75) is 24.8 Å². The highest BCUT2D eigenvalue weighted by Gasteiger charge is 2.46. The number of rotatable bonds is 3. The van der Waals surface area contributed by atoms with Gasteiger partial charge in [0.05, 0.1) is 13.0 Å². The van der Waals surface area contributed by atoms with E-state index >= 15 is 0 Å². The molecule has 22 heavy (non-hydrogen) atoms. The fraction of sp³-hybridized carbons (Fsp3) is 0.533. The number of carboxylic acids is 1. The zero-order valence-corrected chi connectivity index (χ0v) is 11.9. The molecule has 7 heteroatoms. The van der Waals surface area contributed by atoms with E-state index in [1.807, 2.05) is 4.90 Å². The van der Waals surface area contributed by atoms with Crippen molar-refractivity contribution in [3.63, 3.8) is 0 Å². The van der Waals surface area contributed by atoms with Gasteiger partial charge in [0, 0.05) is 37.8 Å². The molecule has 2 aliphatic heterocycles. The molecule has 3 rings (SSSR count). The number of benzene rings is 1. The van der Waals surface area contributed by atoms with E-state index in [4.69, 9.17) is 5.11 Å². The van der Waals surface area contributed by atoms with E-state index in [2.05, 4.69) is 0 Å². The van der Waals surface area contributed by atoms with Crippen molar-refractivity contribution in [2.24, 2.45) is 0 Å². The lowest BCUT2D eigenvalue weighted by molar-refractivity contribution is -0.136. The number of halogens is 3. The summed E-state index contributed by atoms with van der Waals surface area (Å²) in [5, 5.41) is 8.71. The molecule has 2 fully saturated rings. The van der Waals surface area contributed by atoms with E-state index in [0.717, 1.165) is 0 Å². The normalized spacial score (nSPS) is 24.3. The minimum absolute atomic E-state index is 0.127. The Kier molecular flexibility index (Phi) is 3.76. The molecule has 0 aliphatic carbocycles. The molecule has 0 bridgehead atoms. The van der Waals surface area contributed by atoms with Gasteiger partial charge in [-0.15, -0.1) is 0 Å². The highest BCUT2D eigenvalue weighted by Crippen LogP contribution is 2.35. The summed E-state index contributed by atoms with van der Waals surface area (Å²) in [6, 6.07) is 4.19. The van der Waals surface area contributed by atoms with Crippen molar-refractivity contribution in [3.05, 3.63) is 29.6 Å². The van der Waals surface area contributed by atoms with Gasteiger partial charge >= 0.3 is 5.97 Å². The number of nitrogens with zero attached hydrogens (tertiary/aromatic N) is 2. The number of carbonyl (C=O) groups is 1. The number of alkyl halides is 2. The fourth-order valence-corrected chi connectivity index (χ4v) is 3.27. The lowest BCUT2D eigenvalue weighted by atomic mass is 10.1. The SMILES string of the molecule is O=C(O)Cc1ccc(N2CCN3CC(F)(F)C[C@H]3C2)cc1F. The second-order valence-corrected chi connectivity index (χ2v) is 5.98. The molecule has 2 saturated heterocycles. The minimum Gasteiger partial charge on any atom is -0.481 e. The first-order valence-electron chi connectivity index (χ1n) is 7.21. The first-order valence-corrected chi connectivity index (χ1v) is 7.21. The van der Waals surface area contributed by atoms with Gasteiger partial charge in [-0.05, 0) is 17.7 Å². The van der Waals surface area contributed by atoms with Crippen molar-refractivity contribution in [1.29, 1.82) is 0 Å². The topological polar surface area (TPSA) is 43.8 Å². The Morgan fingerprint density at radius 2 is 2.14 bits per heavy atom. The number of piperazine rings is 1. The maximum atomic E-state index is 13.9. The molecule has 1 atom stereocenters. The highest BCUT2D eigenvalue weighted by molar-refractivity contribution is 5.70. The molecule has 0 amide bonds. The van der Waals surface area contributed by atoms with Crippen LogP contribution in [0.25, 0.3) is 0 Å². The van der Waals surface area contributed by atoms with Crippen LogP contribution in [0.4, 0.5) is 18.9 Å². The van der Waals surface area contributed by atoms with Crippen LogP contribution in [-0.4, -0.2) is 54.1 Å². The number of anilines is 1. The summed E-state index contributed by atoms with van der Waals surface area (Å²) in [5.41, 5.74) is 0.740. The first-order chi connectivity index (χ1) is 10.3. The molecule has 1 aromatic carbocycles. The molecule has 1 aromatic rings. The predicted octanol–water partition coefficient (Wildman–Crippen LogP) is 1.98. The summed E-state index contributed by atoms with van der Waals surface area (Å²) in [6.45, 7) is 1.33. The van der Waals surface area contributed by atoms with E-state index < -0.39 is 17.7 Å². The summed E-state index contributed by atoms with van der Waals surface area (Å²) in [7, 11) is 0. The van der Waals surface area contributed by atoms with Crippen LogP contribution in [0.5, 0.6) is 0 Å². The van der Waals surface area contributed by atoms with Gasteiger partial charge in [0.1, 0.15) is 5.82 Å². The highest BCUT2D eigenvalue weighted by atomic mass is 19.3. The molecule has 4 nitrogen and oxygen atoms in total. The standard InChI is InChI=1S/C15H17F3N2O2/c16-13-6-11(2-1-10(13)5-14(21)22)19-3-4-20-9-15(17,18)7-12(20)8-19/h1-2,6,12H,3-5,7-9H2,(H,21,22)/t12-/m0/s1. The third-order valence-corrected chi connectivity index (χ3v) is 4.32. The first kappa shape index (κ1) is 15.1. The van der Waals surface area contributed by atoms with E-state index in [1.165, 1.54) is 12.1 Å². The van der Waals surface area contributed by atoms with Crippen LogP contribution < -0.4 is 4.90 Å². The monoisotopic (exact) mass is 314 g/mol. The Labute approximate surface area is 126 Å². The van der Waals surface area contributed by atoms with E-state index in [-0.39, 0.29) is 31.0 Å². The number of carboxylic acid groups (broad SMARTS) is 1. The Morgan fingerprint density at radius 1 is 1.36 bits per heavy atom. The summed E-state index contributed by atoms with van der Waals surface area (Å²) >= 11 is 0. The molecule has 0 unspecified atom stereocenters. The number of hydrogen-bond acceptors (Lipinski definition) is 3. The van der Waals surface area contributed by atoms with Crippen LogP contribution in [0.15, 0.2) is 18.2 Å². The molecule has 2 aliphatic rings. The van der Waals surface area contributed by atoms with Crippen LogP contribution in [0, 0.1) is 5.82 Å². The van der Waals surface area contributed by atoms with Gasteiger partial charge < -0.3 is 10.0 Å². The fourth-order valence-electron chi connectivity index (χ4n) is 3.27. The molecule has 0 saturated carbocycles. The molecule has 2 heterocycles. The van der Waals surface area contributed by atoms with Gasteiger partial charge in [-0.25, -0.2) is 13.2 Å². The molecule has 1 N–H and O–H groups in total. The Morgan fingerprint density at radius 3 is 2.82 bits per heavy atom. The summed E-state index contributed by atoms with van der Waals surface area (Å²) < 4.78 is 40.8. The molecular weight excluding hydrogens is 297 g/mol. The van der Waals surface area contributed by atoms with Crippen LogP contribution in [0.3, 0.4) is 0 Å². The average molecular weight is 314 g/mol. The van der Waals surface area contributed by atoms with Crippen molar-refractivity contribution in [2.75, 3.05) is 31.1 Å². The smallest absolute Gasteiger partial charge is 0.307 e. The van der Waals surface area contributed by atoms with Crippen molar-refractivity contribution >= 4 is 11.7 Å². The largest absolute Gasteiger partial charge is 0.481 e. The van der Waals surface area contributed by atoms with E-state index in [9.17, 15) is 18.0 Å². The Bertz CT molecular complexity index is 594. The van der Waals surface area contributed by atoms with Gasteiger partial charge in [0.15, 0.2) is 0 Å². The van der Waals surface area contributed by atoms with Crippen LogP contribution >= 0.6 is 0 Å². The lowest BCUT2D eigenvalue weighted by Gasteiger charge is -2.38. The van der Waals surface area contributed by atoms with Crippen LogP contribution in [-0.2, 0) is 11.2 Å². The predicted molar refractivity (Wildman–Crippen MR) is 74.9 cm³/mol. The third-order valence-electron chi connectivity index (χ3n) is 4.32. The van der Waals surface area contributed by atoms with Crippen LogP contribution in [0.2, 0.25) is 0 Å². The number of fused-ring (bicyclic) bond motifs is 1. The van der Waals surface area contributed by atoms with E-state index in [1.54, 1.807) is 11.0 Å². The van der Waals surface area contributed by atoms with Crippen molar-refractivity contribution < 1.29 is 23.1 Å². The molecular formula is C15H17F3N2O2. The minimum atomic E-state index is -2.64. The number of aliphatic carboxylic acids is 1. The molecule has 0 spiro atoms. The van der Waals surface area contributed by atoms with Crippen molar-refractivity contribution in [3.8, 4) is 0 Å². The average Bonchev–Trinajstić information content (AvgIpc) is 2.73. The summed E-state index contributed by atoms with van der Waals surface area (Å²) in [6.07, 6.45) is -0.530. The molecule has 0 radical (unpaired) electrons. The van der Waals surface area contributed by atoms with Crippen molar-refractivity contribution in [1.82, 2.24) is 4.90 Å². The zero-order valence-electron chi connectivity index (χ0n) is 11.9. The summed E-state index contributed by atoms with van der Waals surface area (Å²) in [5.74, 6) is -4.30. The summed E-state index contributed by atoms with van der Waals surface area (Å²) in [4.78, 5) is 14.3. The zero-order chi connectivity index (χ0) is 15.9. The quantitative estimate of drug-likeness (QED) is 0.926. The third kappa shape index (κ3) is 3.04. The van der Waals surface area contributed by atoms with E-state index in [0.29, 0.717) is 25.3 Å². The Hall–Kier alpha value is -1.76. The molecule has 0 aromatic heterocycles. The Balaban J connectivity index is 1.73. The van der Waals surface area contributed by atoms with Gasteiger partial charge in [0.25, 0.3) is 5.92 Å². The van der Waals surface area contributed by atoms with Gasteiger partial charge in [-0.2, -0.15) is 0 Å². The van der Waals surface area contributed by atoms with Gasteiger partial charge in [-0.1, -0.05) is 6.07 Å². The van der Waals surface area contributed by atoms with Gasteiger partial charge in [0.2, 0.25) is 0 Å². The maximum Gasteiger partial charge on any atom is 0.307 e. The van der Waals surface area contributed by atoms with Crippen LogP contribution in [0.1, 0.15) is 12.0 Å².